The summed E-state index contributed by atoms with van der Waals surface area (Å²) >= 11 is 0. The van der Waals surface area contributed by atoms with E-state index in [-0.39, 0.29) is 0 Å². The molecular formula is C3H8N2O2S. The molecule has 0 aliphatic heterocycles. The standard InChI is InChI=1S/C3H8N2O2S/c1-2-3-5-8(4,6)7/h2-3,5H,1H3,(H2,4,6,7)/b3-2+. The fraction of sp³-hybridized carbons (Fsp3) is 0.333. The van der Waals surface area contributed by atoms with Gasteiger partial charge in [-0.05, 0) is 6.92 Å². The maximum absolute atomic E-state index is 10.0. The van der Waals surface area contributed by atoms with Gasteiger partial charge >= 0.3 is 0 Å². The van der Waals surface area contributed by atoms with Crippen LogP contribution >= 0.6 is 0 Å². The predicted molar refractivity (Wildman–Crippen MR) is 31.1 cm³/mol. The van der Waals surface area contributed by atoms with E-state index in [1.54, 1.807) is 6.92 Å². The van der Waals surface area contributed by atoms with Crippen LogP contribution in [0, 0.1) is 0 Å². The molecule has 4 nitrogen and oxygen atoms in total. The predicted octanol–water partition coefficient (Wildman–Crippen LogP) is -0.687. The summed E-state index contributed by atoms with van der Waals surface area (Å²) in [5.74, 6) is 0. The zero-order chi connectivity index (χ0) is 6.62. The Morgan fingerprint density at radius 3 is 2.25 bits per heavy atom. The first-order valence-electron chi connectivity index (χ1n) is 1.97. The number of rotatable bonds is 2. The van der Waals surface area contributed by atoms with E-state index in [0.29, 0.717) is 0 Å². The summed E-state index contributed by atoms with van der Waals surface area (Å²) < 4.78 is 22.0. The van der Waals surface area contributed by atoms with Gasteiger partial charge in [0.15, 0.2) is 0 Å². The number of allylic oxidation sites excluding steroid dienone is 1. The van der Waals surface area contributed by atoms with Gasteiger partial charge in [0.25, 0.3) is 10.2 Å². The van der Waals surface area contributed by atoms with Crippen molar-refractivity contribution >= 4 is 10.2 Å². The molecule has 0 amide bonds. The van der Waals surface area contributed by atoms with Gasteiger partial charge in [-0.1, -0.05) is 6.08 Å². The lowest BCUT2D eigenvalue weighted by molar-refractivity contribution is 0.592. The third-order valence-corrected chi connectivity index (χ3v) is 0.864. The van der Waals surface area contributed by atoms with Gasteiger partial charge in [-0.2, -0.15) is 8.42 Å². The Bertz CT molecular complexity index is 170. The second-order valence-electron chi connectivity index (χ2n) is 1.16. The van der Waals surface area contributed by atoms with Crippen LogP contribution in [0.5, 0.6) is 0 Å². The third kappa shape index (κ3) is 5.45. The summed E-state index contributed by atoms with van der Waals surface area (Å²) in [5.41, 5.74) is 0. The summed E-state index contributed by atoms with van der Waals surface area (Å²) in [6.45, 7) is 1.68. The minimum absolute atomic E-state index is 1.25. The molecule has 48 valence electrons. The minimum Gasteiger partial charge on any atom is -0.278 e. The number of nitrogens with two attached hydrogens (primary N) is 1. The highest BCUT2D eigenvalue weighted by Crippen LogP contribution is 1.66. The van der Waals surface area contributed by atoms with Gasteiger partial charge in [0.05, 0.1) is 0 Å². The Kier molecular flexibility index (Phi) is 2.50. The highest BCUT2D eigenvalue weighted by molar-refractivity contribution is 7.87. The van der Waals surface area contributed by atoms with Crippen LogP contribution in [0.4, 0.5) is 0 Å². The Labute approximate surface area is 48.6 Å². The summed E-state index contributed by atoms with van der Waals surface area (Å²) in [6.07, 6.45) is 2.78. The van der Waals surface area contributed by atoms with Gasteiger partial charge in [0.1, 0.15) is 0 Å². The van der Waals surface area contributed by atoms with E-state index >= 15 is 0 Å². The first-order chi connectivity index (χ1) is 3.56. The first kappa shape index (κ1) is 7.45. The smallest absolute Gasteiger partial charge is 0.278 e. The van der Waals surface area contributed by atoms with Crippen molar-refractivity contribution in [1.82, 2.24) is 4.72 Å². The van der Waals surface area contributed by atoms with Crippen molar-refractivity contribution in [3.63, 3.8) is 0 Å². The zero-order valence-corrected chi connectivity index (χ0v) is 5.27. The monoisotopic (exact) mass is 136 g/mol. The van der Waals surface area contributed by atoms with Gasteiger partial charge < -0.3 is 0 Å². The van der Waals surface area contributed by atoms with E-state index in [2.05, 4.69) is 5.14 Å². The molecule has 3 N–H and O–H groups in total. The summed E-state index contributed by atoms with van der Waals surface area (Å²) in [5, 5.41) is 4.53. The molecule has 0 rings (SSSR count). The zero-order valence-electron chi connectivity index (χ0n) is 4.46. The summed E-state index contributed by atoms with van der Waals surface area (Å²) in [7, 11) is -3.52. The van der Waals surface area contributed by atoms with Gasteiger partial charge in [-0.3, -0.25) is 4.72 Å². The second-order valence-corrected chi connectivity index (χ2v) is 2.49. The highest BCUT2D eigenvalue weighted by atomic mass is 32.2. The van der Waals surface area contributed by atoms with Crippen molar-refractivity contribution in [3.05, 3.63) is 12.3 Å². The quantitative estimate of drug-likeness (QED) is 0.527. The molecule has 0 heterocycles. The molecular weight excluding hydrogens is 128 g/mol. The number of hydrogen-bond donors (Lipinski definition) is 2. The van der Waals surface area contributed by atoms with E-state index < -0.39 is 10.2 Å². The van der Waals surface area contributed by atoms with Crippen LogP contribution in [0.15, 0.2) is 12.3 Å². The van der Waals surface area contributed by atoms with E-state index in [0.717, 1.165) is 0 Å². The lowest BCUT2D eigenvalue weighted by atomic mass is 10.7. The molecule has 0 saturated carbocycles. The second kappa shape index (κ2) is 2.68. The molecule has 0 aromatic carbocycles. The average Bonchev–Trinajstić information content (AvgIpc) is 1.59. The SMILES string of the molecule is C/C=C/NS(N)(=O)=O. The van der Waals surface area contributed by atoms with Crippen LogP contribution in [-0.2, 0) is 10.2 Å². The molecule has 0 aliphatic rings. The molecule has 0 radical (unpaired) electrons. The maximum atomic E-state index is 10.0. The topological polar surface area (TPSA) is 72.2 Å². The van der Waals surface area contributed by atoms with Gasteiger partial charge in [-0.15, -0.1) is 0 Å². The Hall–Kier alpha value is -0.550. The number of nitrogens with one attached hydrogen (secondary N) is 1. The van der Waals surface area contributed by atoms with Gasteiger partial charge in [0, 0.05) is 6.20 Å². The molecule has 0 fully saturated rings. The van der Waals surface area contributed by atoms with Crippen molar-refractivity contribution < 1.29 is 8.42 Å². The van der Waals surface area contributed by atoms with E-state index in [1.807, 2.05) is 4.72 Å². The minimum atomic E-state index is -3.52. The van der Waals surface area contributed by atoms with Crippen LogP contribution in [-0.4, -0.2) is 8.42 Å². The van der Waals surface area contributed by atoms with Crippen molar-refractivity contribution in [2.24, 2.45) is 5.14 Å². The summed E-state index contributed by atoms with van der Waals surface area (Å²) in [6, 6.07) is 0. The first-order valence-corrected chi connectivity index (χ1v) is 3.52. The van der Waals surface area contributed by atoms with Crippen LogP contribution in [0.25, 0.3) is 0 Å². The Balaban J connectivity index is 3.76. The van der Waals surface area contributed by atoms with E-state index in [9.17, 15) is 8.42 Å². The Morgan fingerprint density at radius 2 is 2.12 bits per heavy atom. The fourth-order valence-electron chi connectivity index (χ4n) is 0.163. The van der Waals surface area contributed by atoms with E-state index in [1.165, 1.54) is 12.3 Å². The molecule has 0 atom stereocenters. The highest BCUT2D eigenvalue weighted by Gasteiger charge is 1.90. The molecule has 0 aromatic rings. The normalized spacial score (nSPS) is 12.2. The van der Waals surface area contributed by atoms with Crippen LogP contribution in [0.3, 0.4) is 0 Å². The molecule has 0 unspecified atom stereocenters. The lowest BCUT2D eigenvalue weighted by Gasteiger charge is -1.90. The molecule has 0 bridgehead atoms. The van der Waals surface area contributed by atoms with Crippen molar-refractivity contribution in [2.45, 2.75) is 6.92 Å². The largest absolute Gasteiger partial charge is 0.296 e. The van der Waals surface area contributed by atoms with Gasteiger partial charge in [0.2, 0.25) is 0 Å². The molecule has 0 aromatic heterocycles. The molecule has 0 spiro atoms. The fourth-order valence-corrected chi connectivity index (χ4v) is 0.489. The molecule has 8 heavy (non-hydrogen) atoms. The molecule has 0 aliphatic carbocycles. The van der Waals surface area contributed by atoms with Crippen molar-refractivity contribution in [2.75, 3.05) is 0 Å². The Morgan fingerprint density at radius 1 is 1.62 bits per heavy atom. The summed E-state index contributed by atoms with van der Waals surface area (Å²) in [4.78, 5) is 0. The van der Waals surface area contributed by atoms with Crippen molar-refractivity contribution in [3.8, 4) is 0 Å². The lowest BCUT2D eigenvalue weighted by Crippen LogP contribution is -2.25. The van der Waals surface area contributed by atoms with Crippen LogP contribution < -0.4 is 9.86 Å². The van der Waals surface area contributed by atoms with Crippen LogP contribution in [0.1, 0.15) is 6.92 Å². The molecule has 0 saturated heterocycles. The van der Waals surface area contributed by atoms with Crippen LogP contribution in [0.2, 0.25) is 0 Å². The van der Waals surface area contributed by atoms with E-state index in [4.69, 9.17) is 0 Å². The maximum Gasteiger partial charge on any atom is 0.296 e. The van der Waals surface area contributed by atoms with Gasteiger partial charge in [-0.25, -0.2) is 5.14 Å². The van der Waals surface area contributed by atoms with Crippen molar-refractivity contribution in [1.29, 1.82) is 0 Å². The average molecular weight is 136 g/mol. The number of hydrogen-bond acceptors (Lipinski definition) is 2. The molecule has 5 heteroatoms. The third-order valence-electron chi connectivity index (χ3n) is 0.399.